The van der Waals surface area contributed by atoms with Gasteiger partial charge in [-0.2, -0.15) is 0 Å². The van der Waals surface area contributed by atoms with Gasteiger partial charge in [0.1, 0.15) is 0 Å². The Kier molecular flexibility index (Phi) is 3.44. The van der Waals surface area contributed by atoms with Crippen LogP contribution >= 0.6 is 0 Å². The molecule has 0 aromatic heterocycles. The molecule has 0 spiro atoms. The normalized spacial score (nSPS) is 9.53. The fourth-order valence-corrected chi connectivity index (χ4v) is 1.16. The van der Waals surface area contributed by atoms with E-state index in [4.69, 9.17) is 0 Å². The molecule has 15 heavy (non-hydrogen) atoms. The van der Waals surface area contributed by atoms with Gasteiger partial charge in [-0.3, -0.25) is 9.69 Å². The second kappa shape index (κ2) is 4.59. The molecular formula is C11H13NO3. The van der Waals surface area contributed by atoms with Crippen molar-refractivity contribution in [2.45, 2.75) is 6.92 Å². The molecule has 1 rings (SSSR count). The van der Waals surface area contributed by atoms with Crippen LogP contribution in [0.4, 0.5) is 10.5 Å². The number of rotatable bonds is 2. The average molecular weight is 207 g/mol. The molecule has 1 amide bonds. The highest BCUT2D eigenvalue weighted by molar-refractivity contribution is 5.95. The van der Waals surface area contributed by atoms with Crippen molar-refractivity contribution in [2.75, 3.05) is 19.1 Å². The van der Waals surface area contributed by atoms with Crippen LogP contribution in [0, 0.1) is 0 Å². The molecule has 4 heteroatoms. The van der Waals surface area contributed by atoms with E-state index < -0.39 is 6.09 Å². The molecule has 4 nitrogen and oxygen atoms in total. The van der Waals surface area contributed by atoms with E-state index in [2.05, 4.69) is 4.74 Å². The monoisotopic (exact) mass is 207 g/mol. The van der Waals surface area contributed by atoms with Crippen LogP contribution in [0.3, 0.4) is 0 Å². The van der Waals surface area contributed by atoms with Crippen molar-refractivity contribution >= 4 is 17.6 Å². The Morgan fingerprint density at radius 2 is 1.73 bits per heavy atom. The molecule has 0 atom stereocenters. The third kappa shape index (κ3) is 2.56. The zero-order valence-electron chi connectivity index (χ0n) is 8.98. The molecule has 0 aliphatic rings. The van der Waals surface area contributed by atoms with E-state index >= 15 is 0 Å². The van der Waals surface area contributed by atoms with Crippen molar-refractivity contribution in [1.82, 2.24) is 0 Å². The van der Waals surface area contributed by atoms with Crippen LogP contribution in [0.25, 0.3) is 0 Å². The molecule has 1 aromatic rings. The number of carbonyl (C=O) groups excluding carboxylic acids is 2. The maximum Gasteiger partial charge on any atom is 0.413 e. The summed E-state index contributed by atoms with van der Waals surface area (Å²) in [5.74, 6) is 0.00210. The first kappa shape index (κ1) is 11.2. The maximum atomic E-state index is 11.2. The van der Waals surface area contributed by atoms with Crippen LogP contribution in [0.2, 0.25) is 0 Å². The van der Waals surface area contributed by atoms with Crippen molar-refractivity contribution < 1.29 is 14.3 Å². The summed E-state index contributed by atoms with van der Waals surface area (Å²) in [5.41, 5.74) is 1.31. The van der Waals surface area contributed by atoms with Crippen LogP contribution in [0.15, 0.2) is 24.3 Å². The number of hydrogen-bond donors (Lipinski definition) is 0. The smallest absolute Gasteiger partial charge is 0.413 e. The molecule has 0 heterocycles. The SMILES string of the molecule is COC(=O)N(C)c1ccc(C(C)=O)cc1. The molecular weight excluding hydrogens is 194 g/mol. The minimum Gasteiger partial charge on any atom is -0.452 e. The first-order valence-corrected chi connectivity index (χ1v) is 4.49. The molecule has 0 aliphatic heterocycles. The van der Waals surface area contributed by atoms with Gasteiger partial charge in [-0.25, -0.2) is 4.79 Å². The minimum atomic E-state index is -0.439. The first-order valence-electron chi connectivity index (χ1n) is 4.49. The van der Waals surface area contributed by atoms with Gasteiger partial charge >= 0.3 is 6.09 Å². The second-order valence-electron chi connectivity index (χ2n) is 3.13. The number of ether oxygens (including phenoxy) is 1. The Labute approximate surface area is 88.5 Å². The molecule has 0 unspecified atom stereocenters. The summed E-state index contributed by atoms with van der Waals surface area (Å²) < 4.78 is 4.56. The lowest BCUT2D eigenvalue weighted by atomic mass is 10.1. The number of nitrogens with zero attached hydrogens (tertiary/aromatic N) is 1. The Balaban J connectivity index is 2.89. The highest BCUT2D eigenvalue weighted by Gasteiger charge is 2.10. The summed E-state index contributed by atoms with van der Waals surface area (Å²) in [4.78, 5) is 23.5. The number of ketones is 1. The second-order valence-corrected chi connectivity index (χ2v) is 3.13. The van der Waals surface area contributed by atoms with Crippen LogP contribution < -0.4 is 4.90 Å². The quantitative estimate of drug-likeness (QED) is 0.697. The number of amides is 1. The van der Waals surface area contributed by atoms with E-state index in [9.17, 15) is 9.59 Å². The predicted molar refractivity (Wildman–Crippen MR) is 57.3 cm³/mol. The minimum absolute atomic E-state index is 0.00210. The summed E-state index contributed by atoms with van der Waals surface area (Å²) >= 11 is 0. The number of methoxy groups -OCH3 is 1. The zero-order chi connectivity index (χ0) is 11.4. The summed E-state index contributed by atoms with van der Waals surface area (Å²) in [6.07, 6.45) is -0.439. The Morgan fingerprint density at radius 3 is 2.13 bits per heavy atom. The summed E-state index contributed by atoms with van der Waals surface area (Å²) in [7, 11) is 2.93. The zero-order valence-corrected chi connectivity index (χ0v) is 8.98. The summed E-state index contributed by atoms with van der Waals surface area (Å²) in [6, 6.07) is 6.76. The third-order valence-electron chi connectivity index (χ3n) is 2.11. The Hall–Kier alpha value is -1.84. The fraction of sp³-hybridized carbons (Fsp3) is 0.273. The van der Waals surface area contributed by atoms with Gasteiger partial charge in [-0.05, 0) is 31.2 Å². The highest BCUT2D eigenvalue weighted by Crippen LogP contribution is 2.14. The molecule has 1 aromatic carbocycles. The van der Waals surface area contributed by atoms with Crippen LogP contribution in [-0.2, 0) is 4.74 Å². The van der Waals surface area contributed by atoms with Gasteiger partial charge in [-0.15, -0.1) is 0 Å². The van der Waals surface area contributed by atoms with E-state index in [1.54, 1.807) is 31.3 Å². The van der Waals surface area contributed by atoms with Gasteiger partial charge in [0.05, 0.1) is 7.11 Å². The Bertz CT molecular complexity index is 370. The molecule has 80 valence electrons. The van der Waals surface area contributed by atoms with Crippen LogP contribution in [-0.4, -0.2) is 26.0 Å². The molecule has 0 aliphatic carbocycles. The molecule has 0 bridgehead atoms. The van der Waals surface area contributed by atoms with Crippen molar-refractivity contribution in [1.29, 1.82) is 0 Å². The summed E-state index contributed by atoms with van der Waals surface area (Å²) in [5, 5.41) is 0. The standard InChI is InChI=1S/C11H13NO3/c1-8(13)9-4-6-10(7-5-9)12(2)11(14)15-3/h4-7H,1-3H3. The number of hydrogen-bond acceptors (Lipinski definition) is 3. The van der Waals surface area contributed by atoms with Gasteiger partial charge < -0.3 is 4.74 Å². The highest BCUT2D eigenvalue weighted by atomic mass is 16.5. The van der Waals surface area contributed by atoms with E-state index in [-0.39, 0.29) is 5.78 Å². The van der Waals surface area contributed by atoms with Gasteiger partial charge in [0.2, 0.25) is 0 Å². The molecule has 0 radical (unpaired) electrons. The lowest BCUT2D eigenvalue weighted by Crippen LogP contribution is -2.25. The van der Waals surface area contributed by atoms with Crippen molar-refractivity contribution in [2.24, 2.45) is 0 Å². The average Bonchev–Trinajstić information content (AvgIpc) is 2.27. The Morgan fingerprint density at radius 1 is 1.20 bits per heavy atom. The number of carbonyl (C=O) groups is 2. The van der Waals surface area contributed by atoms with Gasteiger partial charge in [0.15, 0.2) is 5.78 Å². The van der Waals surface area contributed by atoms with E-state index in [0.717, 1.165) is 0 Å². The van der Waals surface area contributed by atoms with E-state index in [1.165, 1.54) is 18.9 Å². The predicted octanol–water partition coefficient (Wildman–Crippen LogP) is 2.09. The number of anilines is 1. The van der Waals surface area contributed by atoms with E-state index in [0.29, 0.717) is 11.3 Å². The largest absolute Gasteiger partial charge is 0.452 e. The molecule has 0 saturated heterocycles. The van der Waals surface area contributed by atoms with Crippen molar-refractivity contribution in [3.63, 3.8) is 0 Å². The molecule has 0 fully saturated rings. The number of benzene rings is 1. The lowest BCUT2D eigenvalue weighted by Gasteiger charge is -2.15. The van der Waals surface area contributed by atoms with Gasteiger partial charge in [0, 0.05) is 18.3 Å². The first-order chi connectivity index (χ1) is 7.06. The van der Waals surface area contributed by atoms with Crippen molar-refractivity contribution in [3.05, 3.63) is 29.8 Å². The fourth-order valence-electron chi connectivity index (χ4n) is 1.16. The van der Waals surface area contributed by atoms with Gasteiger partial charge in [-0.1, -0.05) is 0 Å². The summed E-state index contributed by atoms with van der Waals surface area (Å²) in [6.45, 7) is 1.50. The lowest BCUT2D eigenvalue weighted by molar-refractivity contribution is 0.101. The third-order valence-corrected chi connectivity index (χ3v) is 2.11. The van der Waals surface area contributed by atoms with E-state index in [1.807, 2.05) is 0 Å². The molecule has 0 saturated carbocycles. The maximum absolute atomic E-state index is 11.2. The van der Waals surface area contributed by atoms with Crippen molar-refractivity contribution in [3.8, 4) is 0 Å². The van der Waals surface area contributed by atoms with Crippen LogP contribution in [0.1, 0.15) is 17.3 Å². The number of Topliss-reactive ketones (excluding diaryl/α,β-unsaturated/α-hetero) is 1. The van der Waals surface area contributed by atoms with Gasteiger partial charge in [0.25, 0.3) is 0 Å². The van der Waals surface area contributed by atoms with Crippen LogP contribution in [0.5, 0.6) is 0 Å². The molecule has 0 N–H and O–H groups in total. The topological polar surface area (TPSA) is 46.6 Å².